The van der Waals surface area contributed by atoms with Crippen LogP contribution in [0.2, 0.25) is 0 Å². The third-order valence-electron chi connectivity index (χ3n) is 3.52. The lowest BCUT2D eigenvalue weighted by Gasteiger charge is -2.09. The number of hydrogen-bond acceptors (Lipinski definition) is 5. The molecule has 0 radical (unpaired) electrons. The van der Waals surface area contributed by atoms with E-state index < -0.39 is 0 Å². The fourth-order valence-electron chi connectivity index (χ4n) is 2.40. The largest absolute Gasteiger partial charge is 0.383 e. The number of pyridine rings is 2. The molecule has 0 saturated carbocycles. The van der Waals surface area contributed by atoms with E-state index in [9.17, 15) is 4.79 Å². The number of nitrogens with one attached hydrogen (secondary N) is 2. The molecule has 0 bridgehead atoms. The standard InChI is InChI=1S/C16H16N6O/c1-9-14(10(2)22-21-9)11-7-13(15(17)19-8-11)16(23)20-12-3-5-18-6-4-12/h3-8H,1-2H3,(H2,17,19)(H,21,22)(H,18,20,23). The molecule has 1 amide bonds. The average Bonchev–Trinajstić information content (AvgIpc) is 2.88. The number of anilines is 2. The number of aryl methyl sites for hydroxylation is 2. The van der Waals surface area contributed by atoms with Crippen molar-refractivity contribution in [2.45, 2.75) is 13.8 Å². The first-order valence-electron chi connectivity index (χ1n) is 7.05. The van der Waals surface area contributed by atoms with Gasteiger partial charge in [-0.05, 0) is 32.0 Å². The molecule has 0 spiro atoms. The smallest absolute Gasteiger partial charge is 0.259 e. The summed E-state index contributed by atoms with van der Waals surface area (Å²) < 4.78 is 0. The Hall–Kier alpha value is -3.22. The fraction of sp³-hybridized carbons (Fsp3) is 0.125. The first kappa shape index (κ1) is 14.7. The van der Waals surface area contributed by atoms with Gasteiger partial charge >= 0.3 is 0 Å². The highest BCUT2D eigenvalue weighted by Crippen LogP contribution is 2.27. The van der Waals surface area contributed by atoms with Crippen molar-refractivity contribution in [1.82, 2.24) is 20.2 Å². The van der Waals surface area contributed by atoms with Gasteiger partial charge in [0.05, 0.1) is 11.3 Å². The van der Waals surface area contributed by atoms with Gasteiger partial charge in [-0.15, -0.1) is 0 Å². The van der Waals surface area contributed by atoms with Crippen LogP contribution in [-0.2, 0) is 0 Å². The number of carbonyl (C=O) groups is 1. The molecule has 0 atom stereocenters. The predicted molar refractivity (Wildman–Crippen MR) is 87.9 cm³/mol. The van der Waals surface area contributed by atoms with Crippen molar-refractivity contribution in [3.8, 4) is 11.1 Å². The summed E-state index contributed by atoms with van der Waals surface area (Å²) in [5.74, 6) is -0.138. The molecule has 0 unspecified atom stereocenters. The Bertz CT molecular complexity index is 837. The van der Waals surface area contributed by atoms with Crippen molar-refractivity contribution in [2.75, 3.05) is 11.1 Å². The summed E-state index contributed by atoms with van der Waals surface area (Å²) in [6.45, 7) is 3.81. The zero-order chi connectivity index (χ0) is 16.4. The second-order valence-electron chi connectivity index (χ2n) is 5.16. The number of hydrogen-bond donors (Lipinski definition) is 3. The van der Waals surface area contributed by atoms with Gasteiger partial charge in [0.25, 0.3) is 5.91 Å². The number of aromatic amines is 1. The van der Waals surface area contributed by atoms with Crippen LogP contribution in [-0.4, -0.2) is 26.1 Å². The van der Waals surface area contributed by atoms with Gasteiger partial charge in [-0.1, -0.05) is 0 Å². The van der Waals surface area contributed by atoms with E-state index in [0.717, 1.165) is 22.5 Å². The minimum Gasteiger partial charge on any atom is -0.383 e. The SMILES string of the molecule is Cc1n[nH]c(C)c1-c1cnc(N)c(C(=O)Nc2ccncc2)c1. The van der Waals surface area contributed by atoms with Crippen LogP contribution < -0.4 is 11.1 Å². The van der Waals surface area contributed by atoms with E-state index >= 15 is 0 Å². The van der Waals surface area contributed by atoms with Crippen molar-refractivity contribution in [2.24, 2.45) is 0 Å². The second kappa shape index (κ2) is 5.88. The quantitative estimate of drug-likeness (QED) is 0.688. The number of nitrogens with zero attached hydrogens (tertiary/aromatic N) is 3. The summed E-state index contributed by atoms with van der Waals surface area (Å²) in [7, 11) is 0. The van der Waals surface area contributed by atoms with Crippen LogP contribution in [0, 0.1) is 13.8 Å². The van der Waals surface area contributed by atoms with Gasteiger partial charge < -0.3 is 11.1 Å². The molecule has 7 nitrogen and oxygen atoms in total. The number of H-pyrrole nitrogens is 1. The summed E-state index contributed by atoms with van der Waals surface area (Å²) in [5.41, 5.74) is 10.3. The van der Waals surface area contributed by atoms with Gasteiger partial charge in [0, 0.05) is 41.1 Å². The van der Waals surface area contributed by atoms with Crippen molar-refractivity contribution >= 4 is 17.4 Å². The molecular formula is C16H16N6O. The van der Waals surface area contributed by atoms with Crippen LogP contribution in [0.15, 0.2) is 36.8 Å². The first-order valence-corrected chi connectivity index (χ1v) is 7.05. The monoisotopic (exact) mass is 308 g/mol. The van der Waals surface area contributed by atoms with Crippen LogP contribution in [0.25, 0.3) is 11.1 Å². The molecule has 0 aliphatic carbocycles. The maximum Gasteiger partial charge on any atom is 0.259 e. The molecule has 116 valence electrons. The highest BCUT2D eigenvalue weighted by Gasteiger charge is 2.16. The Morgan fingerprint density at radius 1 is 1.26 bits per heavy atom. The van der Waals surface area contributed by atoms with E-state index in [4.69, 9.17) is 5.73 Å². The predicted octanol–water partition coefficient (Wildman–Crippen LogP) is 2.32. The van der Waals surface area contributed by atoms with E-state index in [-0.39, 0.29) is 11.7 Å². The maximum absolute atomic E-state index is 12.5. The average molecular weight is 308 g/mol. The van der Waals surface area contributed by atoms with E-state index in [2.05, 4.69) is 25.5 Å². The Balaban J connectivity index is 1.97. The molecular weight excluding hydrogens is 292 g/mol. The lowest BCUT2D eigenvalue weighted by Crippen LogP contribution is -2.15. The summed E-state index contributed by atoms with van der Waals surface area (Å²) in [6.07, 6.45) is 4.85. The Morgan fingerprint density at radius 2 is 2.00 bits per heavy atom. The van der Waals surface area contributed by atoms with Crippen LogP contribution in [0.4, 0.5) is 11.5 Å². The molecule has 0 saturated heterocycles. The normalized spacial score (nSPS) is 10.5. The molecule has 0 fully saturated rings. The molecule has 0 aliphatic rings. The topological polar surface area (TPSA) is 110 Å². The minimum absolute atomic E-state index is 0.180. The Morgan fingerprint density at radius 3 is 2.65 bits per heavy atom. The van der Waals surface area contributed by atoms with E-state index in [0.29, 0.717) is 11.3 Å². The fourth-order valence-corrected chi connectivity index (χ4v) is 2.40. The summed E-state index contributed by atoms with van der Waals surface area (Å²) in [4.78, 5) is 20.5. The van der Waals surface area contributed by atoms with Crippen LogP contribution in [0.3, 0.4) is 0 Å². The number of nitrogen functional groups attached to an aromatic ring is 1. The van der Waals surface area contributed by atoms with Gasteiger partial charge in [0.15, 0.2) is 0 Å². The van der Waals surface area contributed by atoms with E-state index in [1.807, 2.05) is 13.8 Å². The van der Waals surface area contributed by atoms with Gasteiger partial charge in [-0.25, -0.2) is 4.98 Å². The van der Waals surface area contributed by atoms with Gasteiger partial charge in [0.2, 0.25) is 0 Å². The number of carbonyl (C=O) groups excluding carboxylic acids is 1. The van der Waals surface area contributed by atoms with Gasteiger partial charge in [-0.3, -0.25) is 14.9 Å². The Kier molecular flexibility index (Phi) is 3.76. The number of amides is 1. The molecule has 3 heterocycles. The maximum atomic E-state index is 12.5. The molecule has 3 aromatic heterocycles. The van der Waals surface area contributed by atoms with Crippen molar-refractivity contribution in [1.29, 1.82) is 0 Å². The zero-order valence-electron chi connectivity index (χ0n) is 12.8. The molecule has 23 heavy (non-hydrogen) atoms. The third-order valence-corrected chi connectivity index (χ3v) is 3.52. The lowest BCUT2D eigenvalue weighted by atomic mass is 10.0. The third kappa shape index (κ3) is 2.89. The summed E-state index contributed by atoms with van der Waals surface area (Å²) in [5, 5.41) is 9.87. The molecule has 4 N–H and O–H groups in total. The van der Waals surface area contributed by atoms with Crippen molar-refractivity contribution in [3.05, 3.63) is 53.7 Å². The number of rotatable bonds is 3. The summed E-state index contributed by atoms with van der Waals surface area (Å²) in [6, 6.07) is 5.13. The van der Waals surface area contributed by atoms with Crippen LogP contribution in [0.5, 0.6) is 0 Å². The second-order valence-corrected chi connectivity index (χ2v) is 5.16. The van der Waals surface area contributed by atoms with Crippen LogP contribution >= 0.6 is 0 Å². The molecule has 3 rings (SSSR count). The Labute approximate surface area is 133 Å². The number of nitrogens with two attached hydrogens (primary N) is 1. The van der Waals surface area contributed by atoms with Crippen molar-refractivity contribution < 1.29 is 4.79 Å². The lowest BCUT2D eigenvalue weighted by molar-refractivity contribution is 0.102. The summed E-state index contributed by atoms with van der Waals surface area (Å²) >= 11 is 0. The number of aromatic nitrogens is 4. The van der Waals surface area contributed by atoms with E-state index in [1.54, 1.807) is 36.8 Å². The highest BCUT2D eigenvalue weighted by atomic mass is 16.1. The van der Waals surface area contributed by atoms with Gasteiger partial charge in [0.1, 0.15) is 5.82 Å². The zero-order valence-corrected chi connectivity index (χ0v) is 12.8. The van der Waals surface area contributed by atoms with Crippen molar-refractivity contribution in [3.63, 3.8) is 0 Å². The van der Waals surface area contributed by atoms with Gasteiger partial charge in [-0.2, -0.15) is 5.10 Å². The molecule has 0 aromatic carbocycles. The van der Waals surface area contributed by atoms with Crippen LogP contribution in [0.1, 0.15) is 21.7 Å². The van der Waals surface area contributed by atoms with E-state index in [1.165, 1.54) is 0 Å². The first-order chi connectivity index (χ1) is 11.1. The molecule has 7 heteroatoms. The molecule has 0 aliphatic heterocycles. The molecule has 3 aromatic rings. The minimum atomic E-state index is -0.318. The highest BCUT2D eigenvalue weighted by molar-refractivity contribution is 6.07.